The molecule has 1 aliphatic heterocycles. The van der Waals surface area contributed by atoms with Crippen LogP contribution in [0.1, 0.15) is 29.2 Å². The molecule has 4 rings (SSSR count). The van der Waals surface area contributed by atoms with Crippen molar-refractivity contribution in [1.29, 1.82) is 0 Å². The van der Waals surface area contributed by atoms with Gasteiger partial charge in [0.25, 0.3) is 0 Å². The topological polar surface area (TPSA) is 65.1 Å². The number of halogens is 1. The van der Waals surface area contributed by atoms with Gasteiger partial charge in [-0.3, -0.25) is 9.59 Å². The number of carbonyl (C=O) groups is 2. The van der Waals surface area contributed by atoms with Gasteiger partial charge in [0.1, 0.15) is 17.3 Å². The Kier molecular flexibility index (Phi) is 7.54. The van der Waals surface area contributed by atoms with Crippen molar-refractivity contribution < 1.29 is 28.2 Å². The summed E-state index contributed by atoms with van der Waals surface area (Å²) >= 11 is 1.30. The fourth-order valence-corrected chi connectivity index (χ4v) is 6.00. The van der Waals surface area contributed by atoms with Gasteiger partial charge in [0.05, 0.1) is 33.8 Å². The molecule has 0 aliphatic carbocycles. The molecule has 0 aromatic heterocycles. The molecule has 2 atom stereocenters. The highest BCUT2D eigenvalue weighted by molar-refractivity contribution is 8.01. The summed E-state index contributed by atoms with van der Waals surface area (Å²) in [7, 11) is 4.44. The van der Waals surface area contributed by atoms with Gasteiger partial charge in [0.15, 0.2) is 4.75 Å². The number of hydrogen-bond donors (Lipinski definition) is 0. The van der Waals surface area contributed by atoms with Crippen LogP contribution in [0.3, 0.4) is 0 Å². The number of esters is 1. The van der Waals surface area contributed by atoms with Gasteiger partial charge in [0.2, 0.25) is 5.91 Å². The second-order valence-corrected chi connectivity index (χ2v) is 10.0. The van der Waals surface area contributed by atoms with Gasteiger partial charge < -0.3 is 19.1 Å². The van der Waals surface area contributed by atoms with Crippen molar-refractivity contribution in [3.63, 3.8) is 0 Å². The fraction of sp³-hybridized carbons (Fsp3) is 0.286. The van der Waals surface area contributed by atoms with Crippen molar-refractivity contribution in [2.75, 3.05) is 21.3 Å². The van der Waals surface area contributed by atoms with Crippen LogP contribution in [-0.4, -0.2) is 42.9 Å². The number of benzene rings is 3. The number of amides is 1. The Morgan fingerprint density at radius 3 is 2.33 bits per heavy atom. The maximum Gasteiger partial charge on any atom is 0.325 e. The Balaban J connectivity index is 1.83. The first-order valence-electron chi connectivity index (χ1n) is 11.4. The van der Waals surface area contributed by atoms with Crippen molar-refractivity contribution in [3.05, 3.63) is 89.2 Å². The van der Waals surface area contributed by atoms with Gasteiger partial charge in [-0.1, -0.05) is 29.8 Å². The van der Waals surface area contributed by atoms with Crippen molar-refractivity contribution in [2.24, 2.45) is 0 Å². The summed E-state index contributed by atoms with van der Waals surface area (Å²) in [6.45, 7) is 2.16. The average molecular weight is 510 g/mol. The van der Waals surface area contributed by atoms with Crippen LogP contribution in [0.25, 0.3) is 0 Å². The lowest BCUT2D eigenvalue weighted by Crippen LogP contribution is -2.42. The zero-order valence-corrected chi connectivity index (χ0v) is 21.4. The van der Waals surface area contributed by atoms with Crippen molar-refractivity contribution in [2.45, 2.75) is 35.6 Å². The minimum atomic E-state index is -1.28. The molecule has 188 valence electrons. The van der Waals surface area contributed by atoms with E-state index in [1.807, 2.05) is 37.3 Å². The summed E-state index contributed by atoms with van der Waals surface area (Å²) in [4.78, 5) is 29.5. The average Bonchev–Trinajstić information content (AvgIpc) is 3.17. The zero-order valence-electron chi connectivity index (χ0n) is 20.6. The summed E-state index contributed by atoms with van der Waals surface area (Å²) in [5, 5.41) is 0. The Hall–Kier alpha value is -3.52. The number of thioether (sulfide) groups is 1. The molecular weight excluding hydrogens is 481 g/mol. The smallest absolute Gasteiger partial charge is 0.325 e. The quantitative estimate of drug-likeness (QED) is 0.383. The lowest BCUT2D eigenvalue weighted by Gasteiger charge is -2.35. The van der Waals surface area contributed by atoms with Crippen molar-refractivity contribution in [1.82, 2.24) is 4.90 Å². The van der Waals surface area contributed by atoms with E-state index in [2.05, 4.69) is 0 Å². The lowest BCUT2D eigenvalue weighted by atomic mass is 9.92. The number of likely N-dealkylation sites (tertiary alicyclic amines) is 1. The molecular formula is C28H28FNO5S. The highest BCUT2D eigenvalue weighted by Gasteiger charge is 2.59. The van der Waals surface area contributed by atoms with E-state index in [1.165, 1.54) is 31.0 Å². The first-order chi connectivity index (χ1) is 17.3. The van der Waals surface area contributed by atoms with E-state index >= 15 is 0 Å². The van der Waals surface area contributed by atoms with Crippen molar-refractivity contribution in [3.8, 4) is 11.5 Å². The molecule has 3 aromatic rings. The zero-order chi connectivity index (χ0) is 25.9. The first-order valence-corrected chi connectivity index (χ1v) is 12.2. The molecule has 0 spiro atoms. The Morgan fingerprint density at radius 2 is 1.72 bits per heavy atom. The monoisotopic (exact) mass is 509 g/mol. The molecule has 6 nitrogen and oxygen atoms in total. The van der Waals surface area contributed by atoms with E-state index in [-0.39, 0.29) is 18.9 Å². The summed E-state index contributed by atoms with van der Waals surface area (Å²) in [6, 6.07) is 18.3. The maximum absolute atomic E-state index is 13.9. The Bertz CT molecular complexity index is 1250. The molecule has 0 saturated carbocycles. The molecule has 1 heterocycles. The standard InChI is InChI=1S/C28H28FNO5S/c1-18-5-13-23(14-6-18)36-28(27(32)35-4)16-25(31)30(26(28)19-7-10-21(29)11-8-19)17-20-9-12-22(33-2)15-24(20)34-3/h5-15,26H,16-17H2,1-4H3/t26-,28-/m1/s1. The number of rotatable bonds is 8. The summed E-state index contributed by atoms with van der Waals surface area (Å²) < 4.78 is 28.7. The van der Waals surface area contributed by atoms with Gasteiger partial charge in [-0.2, -0.15) is 0 Å². The molecule has 1 saturated heterocycles. The molecule has 0 unspecified atom stereocenters. The van der Waals surface area contributed by atoms with Crippen LogP contribution in [0.2, 0.25) is 0 Å². The van der Waals surface area contributed by atoms with E-state index in [4.69, 9.17) is 14.2 Å². The van der Waals surface area contributed by atoms with Crippen LogP contribution < -0.4 is 9.47 Å². The van der Waals surface area contributed by atoms with Crippen LogP contribution in [0.15, 0.2) is 71.6 Å². The van der Waals surface area contributed by atoms with Crippen LogP contribution in [0.4, 0.5) is 4.39 Å². The van der Waals surface area contributed by atoms with Crippen LogP contribution in [-0.2, 0) is 20.9 Å². The predicted molar refractivity (Wildman–Crippen MR) is 136 cm³/mol. The lowest BCUT2D eigenvalue weighted by molar-refractivity contribution is -0.144. The highest BCUT2D eigenvalue weighted by atomic mass is 32.2. The number of methoxy groups -OCH3 is 3. The Morgan fingerprint density at radius 1 is 1.03 bits per heavy atom. The second kappa shape index (κ2) is 10.6. The third-order valence-electron chi connectivity index (χ3n) is 6.36. The maximum atomic E-state index is 13.9. The van der Waals surface area contributed by atoms with E-state index in [1.54, 1.807) is 43.4 Å². The van der Waals surface area contributed by atoms with E-state index in [0.29, 0.717) is 17.1 Å². The minimum Gasteiger partial charge on any atom is -0.497 e. The molecule has 0 bridgehead atoms. The molecule has 3 aromatic carbocycles. The summed E-state index contributed by atoms with van der Waals surface area (Å²) in [5.74, 6) is 0.0486. The number of nitrogens with zero attached hydrogens (tertiary/aromatic N) is 1. The minimum absolute atomic E-state index is 0.0707. The van der Waals surface area contributed by atoms with Gasteiger partial charge in [-0.25, -0.2) is 4.39 Å². The summed E-state index contributed by atoms with van der Waals surface area (Å²) in [5.41, 5.74) is 2.47. The molecule has 36 heavy (non-hydrogen) atoms. The van der Waals surface area contributed by atoms with Gasteiger partial charge in [-0.15, -0.1) is 11.8 Å². The van der Waals surface area contributed by atoms with E-state index < -0.39 is 22.6 Å². The van der Waals surface area contributed by atoms with Gasteiger partial charge in [0, 0.05) is 23.1 Å². The van der Waals surface area contributed by atoms with Crippen LogP contribution in [0.5, 0.6) is 11.5 Å². The number of hydrogen-bond acceptors (Lipinski definition) is 6. The van der Waals surface area contributed by atoms with Crippen LogP contribution >= 0.6 is 11.8 Å². The van der Waals surface area contributed by atoms with Crippen molar-refractivity contribution >= 4 is 23.6 Å². The summed E-state index contributed by atoms with van der Waals surface area (Å²) in [6.07, 6.45) is -0.0707. The molecule has 1 amide bonds. The third-order valence-corrected chi connectivity index (χ3v) is 7.77. The second-order valence-electron chi connectivity index (χ2n) is 8.63. The predicted octanol–water partition coefficient (Wildman–Crippen LogP) is 5.33. The molecule has 0 radical (unpaired) electrons. The Labute approximate surface area is 214 Å². The number of carbonyl (C=O) groups excluding carboxylic acids is 2. The highest BCUT2D eigenvalue weighted by Crippen LogP contribution is 2.54. The largest absolute Gasteiger partial charge is 0.497 e. The normalized spacial score (nSPS) is 19.3. The number of ether oxygens (including phenoxy) is 3. The van der Waals surface area contributed by atoms with Gasteiger partial charge in [-0.05, 0) is 48.9 Å². The van der Waals surface area contributed by atoms with E-state index in [0.717, 1.165) is 16.0 Å². The molecule has 8 heteroatoms. The van der Waals surface area contributed by atoms with E-state index in [9.17, 15) is 14.0 Å². The molecule has 0 N–H and O–H groups in total. The van der Waals surface area contributed by atoms with Gasteiger partial charge >= 0.3 is 5.97 Å². The molecule has 1 fully saturated rings. The fourth-order valence-electron chi connectivity index (χ4n) is 4.57. The SMILES string of the molecule is COC(=O)[C@@]1(Sc2ccc(C)cc2)CC(=O)N(Cc2ccc(OC)cc2OC)[C@@H]1c1ccc(F)cc1. The first kappa shape index (κ1) is 25.6. The third kappa shape index (κ3) is 4.91. The molecule has 1 aliphatic rings. The number of aryl methyl sites for hydroxylation is 1. The van der Waals surface area contributed by atoms with Crippen LogP contribution in [0, 0.1) is 12.7 Å².